The number of amides is 1. The van der Waals surface area contributed by atoms with E-state index in [9.17, 15) is 9.90 Å². The Morgan fingerprint density at radius 3 is 2.92 bits per heavy atom. The normalized spacial score (nSPS) is 41.1. The van der Waals surface area contributed by atoms with Gasteiger partial charge in [-0.15, -0.1) is 0 Å². The zero-order chi connectivity index (χ0) is 8.93. The smallest absolute Gasteiger partial charge is 0.228 e. The van der Waals surface area contributed by atoms with Gasteiger partial charge in [0.1, 0.15) is 0 Å². The van der Waals surface area contributed by atoms with Crippen LogP contribution in [0.1, 0.15) is 20.3 Å². The van der Waals surface area contributed by atoms with Crippen LogP contribution in [-0.2, 0) is 4.79 Å². The van der Waals surface area contributed by atoms with E-state index in [1.807, 2.05) is 13.0 Å². The third-order valence-corrected chi connectivity index (χ3v) is 3.20. The van der Waals surface area contributed by atoms with Gasteiger partial charge in [-0.1, -0.05) is 13.0 Å². The number of aliphatic hydroxyl groups is 1. The third-order valence-electron chi connectivity index (χ3n) is 3.20. The molecular weight excluding hydrogens is 154 g/mol. The number of hydrogen-bond donors (Lipinski definition) is 1. The van der Waals surface area contributed by atoms with Gasteiger partial charge in [0.2, 0.25) is 5.91 Å². The van der Waals surface area contributed by atoms with Crippen molar-refractivity contribution in [3.8, 4) is 0 Å². The number of fused-ring (bicyclic) bond motifs is 1. The maximum Gasteiger partial charge on any atom is 0.228 e. The van der Waals surface area contributed by atoms with E-state index in [-0.39, 0.29) is 17.4 Å². The molecule has 0 aromatic rings. The second-order valence-electron chi connectivity index (χ2n) is 3.88. The standard InChI is InChI=1S/C9H13NO2/c1-6(11)9(2)3-4-10-7(9)5-8(10)12/h3-4,6-7,11H,5H2,1-2H3/t6?,7-,9-/m0/s1. The molecule has 1 amide bonds. The molecule has 2 heterocycles. The maximum absolute atomic E-state index is 11.0. The highest BCUT2D eigenvalue weighted by atomic mass is 16.3. The largest absolute Gasteiger partial charge is 0.392 e. The van der Waals surface area contributed by atoms with Gasteiger partial charge in [0.25, 0.3) is 0 Å². The van der Waals surface area contributed by atoms with Crippen LogP contribution in [0.2, 0.25) is 0 Å². The van der Waals surface area contributed by atoms with Gasteiger partial charge in [-0.25, -0.2) is 0 Å². The Morgan fingerprint density at radius 1 is 1.83 bits per heavy atom. The molecule has 0 radical (unpaired) electrons. The fraction of sp³-hybridized carbons (Fsp3) is 0.667. The van der Waals surface area contributed by atoms with Crippen LogP contribution in [0.4, 0.5) is 0 Å². The molecule has 0 aromatic heterocycles. The van der Waals surface area contributed by atoms with Crippen molar-refractivity contribution >= 4 is 5.91 Å². The van der Waals surface area contributed by atoms with E-state index in [0.717, 1.165) is 0 Å². The molecule has 66 valence electrons. The number of β-lactam (4-membered cyclic amide) rings is 1. The predicted molar refractivity (Wildman–Crippen MR) is 44.2 cm³/mol. The van der Waals surface area contributed by atoms with Gasteiger partial charge in [-0.2, -0.15) is 0 Å². The highest BCUT2D eigenvalue weighted by molar-refractivity contribution is 5.85. The highest BCUT2D eigenvalue weighted by Gasteiger charge is 2.52. The zero-order valence-corrected chi connectivity index (χ0v) is 7.32. The van der Waals surface area contributed by atoms with Gasteiger partial charge < -0.3 is 10.0 Å². The van der Waals surface area contributed by atoms with Crippen LogP contribution in [0.25, 0.3) is 0 Å². The van der Waals surface area contributed by atoms with Crippen LogP contribution >= 0.6 is 0 Å². The summed E-state index contributed by atoms with van der Waals surface area (Å²) in [5, 5.41) is 9.53. The number of hydrogen-bond acceptors (Lipinski definition) is 2. The van der Waals surface area contributed by atoms with Crippen LogP contribution in [0.3, 0.4) is 0 Å². The van der Waals surface area contributed by atoms with Gasteiger partial charge in [0, 0.05) is 18.0 Å². The van der Waals surface area contributed by atoms with Crippen molar-refractivity contribution in [2.75, 3.05) is 0 Å². The molecule has 1 unspecified atom stereocenters. The summed E-state index contributed by atoms with van der Waals surface area (Å²) in [4.78, 5) is 12.7. The molecular formula is C9H13NO2. The number of aliphatic hydroxyl groups excluding tert-OH is 1. The first kappa shape index (κ1) is 7.80. The summed E-state index contributed by atoms with van der Waals surface area (Å²) in [7, 11) is 0. The Kier molecular flexibility index (Phi) is 1.37. The lowest BCUT2D eigenvalue weighted by atomic mass is 9.75. The van der Waals surface area contributed by atoms with E-state index in [1.54, 1.807) is 18.0 Å². The van der Waals surface area contributed by atoms with Gasteiger partial charge in [0.05, 0.1) is 12.1 Å². The summed E-state index contributed by atoms with van der Waals surface area (Å²) in [6, 6.07) is 0.199. The van der Waals surface area contributed by atoms with E-state index in [1.165, 1.54) is 0 Å². The number of nitrogens with zero attached hydrogens (tertiary/aromatic N) is 1. The molecule has 0 saturated carbocycles. The second-order valence-corrected chi connectivity index (χ2v) is 3.88. The summed E-state index contributed by atoms with van der Waals surface area (Å²) in [6.45, 7) is 3.77. The van der Waals surface area contributed by atoms with Crippen LogP contribution < -0.4 is 0 Å². The van der Waals surface area contributed by atoms with Crippen molar-refractivity contribution in [3.63, 3.8) is 0 Å². The van der Waals surface area contributed by atoms with Gasteiger partial charge in [-0.05, 0) is 6.92 Å². The van der Waals surface area contributed by atoms with Crippen LogP contribution in [0.5, 0.6) is 0 Å². The molecule has 0 aliphatic carbocycles. The lowest BCUT2D eigenvalue weighted by Crippen LogP contribution is -2.55. The molecule has 2 rings (SSSR count). The Bertz CT molecular complexity index is 259. The van der Waals surface area contributed by atoms with Gasteiger partial charge in [-0.3, -0.25) is 4.79 Å². The van der Waals surface area contributed by atoms with Crippen molar-refractivity contribution in [1.82, 2.24) is 4.90 Å². The summed E-state index contributed by atoms with van der Waals surface area (Å²) in [5.41, 5.74) is -0.228. The molecule has 1 saturated heterocycles. The average molecular weight is 167 g/mol. The molecule has 2 aliphatic rings. The van der Waals surface area contributed by atoms with E-state index in [0.29, 0.717) is 6.42 Å². The number of rotatable bonds is 1. The minimum absolute atomic E-state index is 0.167. The molecule has 3 heteroatoms. The van der Waals surface area contributed by atoms with E-state index >= 15 is 0 Å². The minimum atomic E-state index is -0.392. The first-order chi connectivity index (χ1) is 5.55. The fourth-order valence-electron chi connectivity index (χ4n) is 1.91. The maximum atomic E-state index is 11.0. The molecule has 0 aromatic carbocycles. The molecule has 1 fully saturated rings. The third kappa shape index (κ3) is 0.719. The molecule has 0 bridgehead atoms. The molecule has 3 nitrogen and oxygen atoms in total. The van der Waals surface area contributed by atoms with E-state index in [4.69, 9.17) is 0 Å². The van der Waals surface area contributed by atoms with Crippen molar-refractivity contribution in [1.29, 1.82) is 0 Å². The van der Waals surface area contributed by atoms with Crippen LogP contribution in [0, 0.1) is 5.41 Å². The molecule has 0 spiro atoms. The fourth-order valence-corrected chi connectivity index (χ4v) is 1.91. The van der Waals surface area contributed by atoms with Crippen molar-refractivity contribution in [2.45, 2.75) is 32.4 Å². The highest BCUT2D eigenvalue weighted by Crippen LogP contribution is 2.44. The van der Waals surface area contributed by atoms with Gasteiger partial charge in [0.15, 0.2) is 0 Å². The first-order valence-electron chi connectivity index (χ1n) is 4.24. The predicted octanol–water partition coefficient (Wildman–Crippen LogP) is 0.502. The van der Waals surface area contributed by atoms with E-state index in [2.05, 4.69) is 0 Å². The second kappa shape index (κ2) is 2.10. The van der Waals surface area contributed by atoms with Gasteiger partial charge >= 0.3 is 0 Å². The Balaban J connectivity index is 2.23. The number of carbonyl (C=O) groups is 1. The SMILES string of the molecule is CC(O)[C@]1(C)C=CN2C(=O)C[C@H]21. The minimum Gasteiger partial charge on any atom is -0.392 e. The first-order valence-corrected chi connectivity index (χ1v) is 4.24. The topological polar surface area (TPSA) is 40.5 Å². The van der Waals surface area contributed by atoms with E-state index < -0.39 is 6.10 Å². The Hall–Kier alpha value is -0.830. The average Bonchev–Trinajstić information content (AvgIpc) is 2.24. The molecule has 1 N–H and O–H groups in total. The molecule has 3 atom stereocenters. The summed E-state index contributed by atoms with van der Waals surface area (Å²) < 4.78 is 0. The molecule has 12 heavy (non-hydrogen) atoms. The monoisotopic (exact) mass is 167 g/mol. The molecule has 2 aliphatic heterocycles. The summed E-state index contributed by atoms with van der Waals surface area (Å²) in [5.74, 6) is 0.167. The number of carbonyl (C=O) groups excluding carboxylic acids is 1. The van der Waals surface area contributed by atoms with Crippen molar-refractivity contribution < 1.29 is 9.90 Å². The quantitative estimate of drug-likeness (QED) is 0.578. The Labute approximate surface area is 71.7 Å². The lowest BCUT2D eigenvalue weighted by molar-refractivity contribution is -0.146. The Morgan fingerprint density at radius 2 is 2.50 bits per heavy atom. The summed E-state index contributed by atoms with van der Waals surface area (Å²) >= 11 is 0. The van der Waals surface area contributed by atoms with Crippen molar-refractivity contribution in [2.24, 2.45) is 5.41 Å². The van der Waals surface area contributed by atoms with Crippen molar-refractivity contribution in [3.05, 3.63) is 12.3 Å². The van der Waals surface area contributed by atoms with Crippen LogP contribution in [0.15, 0.2) is 12.3 Å². The lowest BCUT2D eigenvalue weighted by Gasteiger charge is -2.43. The summed E-state index contributed by atoms with van der Waals surface area (Å²) in [6.07, 6.45) is 3.92. The zero-order valence-electron chi connectivity index (χ0n) is 7.32. The van der Waals surface area contributed by atoms with Crippen LogP contribution in [-0.4, -0.2) is 28.1 Å².